The van der Waals surface area contributed by atoms with E-state index in [9.17, 15) is 4.79 Å². The van der Waals surface area contributed by atoms with Crippen LogP contribution in [0.2, 0.25) is 0 Å². The van der Waals surface area contributed by atoms with E-state index in [1.54, 1.807) is 6.92 Å². The molecule has 0 unspecified atom stereocenters. The first-order valence-electron chi connectivity index (χ1n) is 5.05. The number of hydrogen-bond acceptors (Lipinski definition) is 2. The summed E-state index contributed by atoms with van der Waals surface area (Å²) in [5.41, 5.74) is 0. The Labute approximate surface area is 95.9 Å². The van der Waals surface area contributed by atoms with Gasteiger partial charge in [0.1, 0.15) is 4.84 Å². The van der Waals surface area contributed by atoms with E-state index in [1.165, 1.54) is 32.1 Å². The first-order valence-corrected chi connectivity index (χ1v) is 5.93. The van der Waals surface area contributed by atoms with Crippen LogP contribution >= 0.6 is 23.2 Å². The van der Waals surface area contributed by atoms with E-state index in [4.69, 9.17) is 23.2 Å². The fourth-order valence-electron chi connectivity index (χ4n) is 1.45. The maximum atomic E-state index is 9.18. The molecule has 0 heterocycles. The van der Waals surface area contributed by atoms with Crippen LogP contribution in [0.5, 0.6) is 0 Å². The largest absolute Gasteiger partial charge is 0.468 e. The van der Waals surface area contributed by atoms with Crippen LogP contribution < -0.4 is 0 Å². The number of ether oxygens (including phenoxy) is 1. The predicted octanol–water partition coefficient (Wildman–Crippen LogP) is 3.55. The summed E-state index contributed by atoms with van der Waals surface area (Å²) in [6.45, 7) is 2.66. The van der Waals surface area contributed by atoms with Crippen molar-refractivity contribution in [3.8, 4) is 0 Å². The van der Waals surface area contributed by atoms with E-state index in [-0.39, 0.29) is 4.84 Å². The van der Waals surface area contributed by atoms with Crippen LogP contribution in [0, 0.1) is 5.92 Å². The highest BCUT2D eigenvalue weighted by atomic mass is 35.5. The molecule has 1 rings (SSSR count). The molecule has 1 saturated carbocycles. The van der Waals surface area contributed by atoms with Gasteiger partial charge in [0.2, 0.25) is 0 Å². The molecule has 0 aliphatic heterocycles. The number of alkyl halides is 2. The van der Waals surface area contributed by atoms with Gasteiger partial charge >= 0.3 is 0 Å². The van der Waals surface area contributed by atoms with Crippen LogP contribution in [-0.2, 0) is 9.53 Å². The molecule has 0 amide bonds. The van der Waals surface area contributed by atoms with Crippen LogP contribution in [0.1, 0.15) is 39.0 Å². The second kappa shape index (κ2) is 9.60. The molecule has 1 aliphatic carbocycles. The van der Waals surface area contributed by atoms with Crippen molar-refractivity contribution in [1.29, 1.82) is 0 Å². The molecule has 84 valence electrons. The minimum absolute atomic E-state index is 0.120. The third-order valence-electron chi connectivity index (χ3n) is 2.24. The highest BCUT2D eigenvalue weighted by Gasteiger charge is 2.18. The highest BCUT2D eigenvalue weighted by molar-refractivity contribution is 6.44. The van der Waals surface area contributed by atoms with Crippen molar-refractivity contribution in [2.75, 3.05) is 6.61 Å². The third kappa shape index (κ3) is 7.45. The topological polar surface area (TPSA) is 26.3 Å². The van der Waals surface area contributed by atoms with E-state index < -0.39 is 0 Å². The molecular weight excluding hydrogens is 223 g/mol. The van der Waals surface area contributed by atoms with Crippen LogP contribution in [0.15, 0.2) is 0 Å². The summed E-state index contributed by atoms with van der Waals surface area (Å²) in [5.74, 6) is 0.585. The summed E-state index contributed by atoms with van der Waals surface area (Å²) >= 11 is 11.4. The Kier molecular flexibility index (Phi) is 9.63. The van der Waals surface area contributed by atoms with E-state index in [1.807, 2.05) is 0 Å². The maximum Gasteiger partial charge on any atom is 0.293 e. The van der Waals surface area contributed by atoms with Crippen molar-refractivity contribution < 1.29 is 9.53 Å². The fourth-order valence-corrected chi connectivity index (χ4v) is 1.96. The molecule has 0 spiro atoms. The summed E-state index contributed by atoms with van der Waals surface area (Å²) in [6, 6.07) is 0. The zero-order valence-electron chi connectivity index (χ0n) is 8.55. The van der Waals surface area contributed by atoms with Crippen LogP contribution in [0.4, 0.5) is 0 Å². The monoisotopic (exact) mass is 240 g/mol. The molecule has 1 aliphatic rings. The Morgan fingerprint density at radius 2 is 1.93 bits per heavy atom. The maximum absolute atomic E-state index is 9.18. The predicted molar refractivity (Wildman–Crippen MR) is 59.8 cm³/mol. The van der Waals surface area contributed by atoms with Crippen molar-refractivity contribution in [3.05, 3.63) is 0 Å². The first kappa shape index (κ1) is 14.1. The van der Waals surface area contributed by atoms with Gasteiger partial charge in [-0.25, -0.2) is 0 Å². The smallest absolute Gasteiger partial charge is 0.293 e. The van der Waals surface area contributed by atoms with Crippen molar-refractivity contribution in [2.45, 2.75) is 43.9 Å². The number of carbonyl (C=O) groups is 1. The molecule has 0 aromatic heterocycles. The lowest BCUT2D eigenvalue weighted by Crippen LogP contribution is -2.12. The molecule has 14 heavy (non-hydrogen) atoms. The van der Waals surface area contributed by atoms with E-state index in [2.05, 4.69) is 4.74 Å². The molecule has 0 bridgehead atoms. The second-order valence-electron chi connectivity index (χ2n) is 3.28. The quantitative estimate of drug-likeness (QED) is 0.558. The fraction of sp³-hybridized carbons (Fsp3) is 0.900. The lowest BCUT2D eigenvalue weighted by molar-refractivity contribution is -0.128. The first-order chi connectivity index (χ1) is 6.72. The van der Waals surface area contributed by atoms with Gasteiger partial charge in [0.05, 0.1) is 6.61 Å². The zero-order valence-corrected chi connectivity index (χ0v) is 10.1. The minimum atomic E-state index is -0.120. The van der Waals surface area contributed by atoms with Crippen LogP contribution in [0.25, 0.3) is 0 Å². The van der Waals surface area contributed by atoms with Gasteiger partial charge < -0.3 is 4.74 Å². The normalized spacial score (nSPS) is 17.1. The molecule has 0 N–H and O–H groups in total. The number of hydrogen-bond donors (Lipinski definition) is 0. The van der Waals surface area contributed by atoms with Gasteiger partial charge in [0.15, 0.2) is 0 Å². The Balaban J connectivity index is 0.000000292. The molecule has 0 radical (unpaired) electrons. The summed E-state index contributed by atoms with van der Waals surface area (Å²) in [4.78, 5) is 9.06. The molecule has 4 heteroatoms. The lowest BCUT2D eigenvalue weighted by Gasteiger charge is -2.21. The van der Waals surface area contributed by atoms with E-state index in [0.717, 1.165) is 0 Å². The van der Waals surface area contributed by atoms with E-state index >= 15 is 0 Å². The van der Waals surface area contributed by atoms with Gasteiger partial charge in [-0.2, -0.15) is 0 Å². The SMILES string of the molecule is CCOC=O.ClC(Cl)C1CCCCC1. The molecule has 2 nitrogen and oxygen atoms in total. The zero-order chi connectivity index (χ0) is 10.8. The summed E-state index contributed by atoms with van der Waals surface area (Å²) in [5, 5.41) is 0. The Bertz CT molecular complexity index is 134. The molecule has 0 saturated heterocycles. The second-order valence-corrected chi connectivity index (χ2v) is 4.45. The van der Waals surface area contributed by atoms with Gasteiger partial charge in [-0.05, 0) is 25.7 Å². The van der Waals surface area contributed by atoms with Crippen molar-refractivity contribution in [2.24, 2.45) is 5.92 Å². The number of carbonyl (C=O) groups excluding carboxylic acids is 1. The van der Waals surface area contributed by atoms with Crippen molar-refractivity contribution in [1.82, 2.24) is 0 Å². The van der Waals surface area contributed by atoms with Gasteiger partial charge in [-0.15, -0.1) is 23.2 Å². The van der Waals surface area contributed by atoms with Crippen LogP contribution in [0.3, 0.4) is 0 Å². The van der Waals surface area contributed by atoms with Crippen molar-refractivity contribution >= 4 is 29.7 Å². The van der Waals surface area contributed by atoms with Gasteiger partial charge in [-0.1, -0.05) is 19.3 Å². The third-order valence-corrected chi connectivity index (χ3v) is 2.95. The minimum Gasteiger partial charge on any atom is -0.468 e. The molecule has 0 aromatic carbocycles. The summed E-state index contributed by atoms with van der Waals surface area (Å²) in [7, 11) is 0. The van der Waals surface area contributed by atoms with Gasteiger partial charge in [0.25, 0.3) is 6.47 Å². The lowest BCUT2D eigenvalue weighted by atomic mass is 9.91. The molecular formula is C10H18Cl2O2. The summed E-state index contributed by atoms with van der Waals surface area (Å²) < 4.78 is 4.15. The van der Waals surface area contributed by atoms with Gasteiger partial charge in [-0.3, -0.25) is 4.79 Å². The average Bonchev–Trinajstić information content (AvgIpc) is 2.21. The Morgan fingerprint density at radius 1 is 1.36 bits per heavy atom. The highest BCUT2D eigenvalue weighted by Crippen LogP contribution is 2.30. The molecule has 0 aromatic rings. The standard InChI is InChI=1S/C7H12Cl2.C3H6O2/c8-7(9)6-4-2-1-3-5-6;1-2-5-3-4/h6-7H,1-5H2;3H,2H2,1H3. The Hall–Kier alpha value is 0.0500. The van der Waals surface area contributed by atoms with Crippen molar-refractivity contribution in [3.63, 3.8) is 0 Å². The van der Waals surface area contributed by atoms with Gasteiger partial charge in [0, 0.05) is 0 Å². The number of halogens is 2. The Morgan fingerprint density at radius 3 is 2.14 bits per heavy atom. The molecule has 1 fully saturated rings. The molecule has 0 atom stereocenters. The summed E-state index contributed by atoms with van der Waals surface area (Å²) in [6.07, 6.45) is 6.48. The average molecular weight is 241 g/mol. The van der Waals surface area contributed by atoms with Crippen LogP contribution in [-0.4, -0.2) is 17.9 Å². The van der Waals surface area contributed by atoms with E-state index in [0.29, 0.717) is 19.0 Å². The number of rotatable bonds is 3.